The van der Waals surface area contributed by atoms with Crippen molar-refractivity contribution in [3.05, 3.63) is 22.5 Å². The summed E-state index contributed by atoms with van der Waals surface area (Å²) in [5, 5.41) is 0. The van der Waals surface area contributed by atoms with E-state index in [2.05, 4.69) is 0 Å². The summed E-state index contributed by atoms with van der Waals surface area (Å²) in [6.07, 6.45) is 5.75. The smallest absolute Gasteiger partial charge is 0.354 e. The third kappa shape index (κ3) is 5.09. The van der Waals surface area contributed by atoms with E-state index in [1.54, 1.807) is 6.92 Å². The van der Waals surface area contributed by atoms with E-state index < -0.39 is 5.97 Å². The Hall–Kier alpha value is -2.11. The van der Waals surface area contributed by atoms with Gasteiger partial charge in [0.25, 0.3) is 0 Å². The van der Waals surface area contributed by atoms with Gasteiger partial charge < -0.3 is 14.2 Å². The summed E-state index contributed by atoms with van der Waals surface area (Å²) < 4.78 is 6.76. The molecule has 0 saturated heterocycles. The van der Waals surface area contributed by atoms with Gasteiger partial charge in [-0.3, -0.25) is 9.59 Å². The standard InChI is InChI=1S/C23H36N2O4/c1-7-24-17(5)21(16(4)22(24)23(28)29-6)19(26)14-25(20(27)13-15(2)3)18-11-9-8-10-12-18/h15,18H,7-14H2,1-6H3. The zero-order valence-electron chi connectivity index (χ0n) is 18.8. The van der Waals surface area contributed by atoms with Crippen molar-refractivity contribution in [1.29, 1.82) is 0 Å². The van der Waals surface area contributed by atoms with Crippen LogP contribution in [-0.4, -0.2) is 46.8 Å². The number of methoxy groups -OCH3 is 1. The molecule has 1 heterocycles. The number of rotatable bonds is 8. The number of carbonyl (C=O) groups is 3. The van der Waals surface area contributed by atoms with Crippen LogP contribution < -0.4 is 0 Å². The third-order valence-corrected chi connectivity index (χ3v) is 5.97. The van der Waals surface area contributed by atoms with Crippen LogP contribution in [0.25, 0.3) is 0 Å². The molecule has 0 unspecified atom stereocenters. The number of ketones is 1. The molecule has 0 aliphatic heterocycles. The van der Waals surface area contributed by atoms with Gasteiger partial charge in [-0.25, -0.2) is 4.79 Å². The van der Waals surface area contributed by atoms with Crippen molar-refractivity contribution in [3.63, 3.8) is 0 Å². The van der Waals surface area contributed by atoms with Crippen LogP contribution in [-0.2, 0) is 16.1 Å². The summed E-state index contributed by atoms with van der Waals surface area (Å²) >= 11 is 0. The number of aromatic nitrogens is 1. The number of carbonyl (C=O) groups excluding carboxylic acids is 3. The van der Waals surface area contributed by atoms with Gasteiger partial charge in [-0.1, -0.05) is 33.1 Å². The summed E-state index contributed by atoms with van der Waals surface area (Å²) in [5.41, 5.74) is 2.37. The van der Waals surface area contributed by atoms with E-state index >= 15 is 0 Å². The molecular weight excluding hydrogens is 368 g/mol. The lowest BCUT2D eigenvalue weighted by molar-refractivity contribution is -0.134. The Balaban J connectivity index is 2.37. The highest BCUT2D eigenvalue weighted by molar-refractivity contribution is 6.04. The minimum atomic E-state index is -0.438. The number of amides is 1. The highest BCUT2D eigenvalue weighted by atomic mass is 16.5. The van der Waals surface area contributed by atoms with Crippen molar-refractivity contribution >= 4 is 17.7 Å². The molecule has 1 aromatic heterocycles. The highest BCUT2D eigenvalue weighted by Gasteiger charge is 2.31. The summed E-state index contributed by atoms with van der Waals surface area (Å²) in [4.78, 5) is 40.4. The van der Waals surface area contributed by atoms with Crippen LogP contribution in [0.2, 0.25) is 0 Å². The van der Waals surface area contributed by atoms with E-state index in [1.165, 1.54) is 13.5 Å². The lowest BCUT2D eigenvalue weighted by Crippen LogP contribution is -2.45. The first-order valence-electron chi connectivity index (χ1n) is 10.8. The molecule has 1 aliphatic carbocycles. The molecule has 29 heavy (non-hydrogen) atoms. The van der Waals surface area contributed by atoms with Gasteiger partial charge in [0, 0.05) is 30.3 Å². The third-order valence-electron chi connectivity index (χ3n) is 5.97. The van der Waals surface area contributed by atoms with Crippen molar-refractivity contribution in [2.24, 2.45) is 5.92 Å². The molecule has 2 rings (SSSR count). The summed E-state index contributed by atoms with van der Waals surface area (Å²) in [6, 6.07) is 0.132. The summed E-state index contributed by atoms with van der Waals surface area (Å²) in [7, 11) is 1.35. The zero-order chi connectivity index (χ0) is 21.7. The lowest BCUT2D eigenvalue weighted by atomic mass is 9.93. The maximum Gasteiger partial charge on any atom is 0.354 e. The second kappa shape index (κ2) is 10.1. The quantitative estimate of drug-likeness (QED) is 0.478. The fraction of sp³-hybridized carbons (Fsp3) is 0.696. The fourth-order valence-corrected chi connectivity index (χ4v) is 4.57. The number of nitrogens with zero attached hydrogens (tertiary/aromatic N) is 2. The molecule has 0 N–H and O–H groups in total. The van der Waals surface area contributed by atoms with Crippen molar-refractivity contribution in [3.8, 4) is 0 Å². The number of hydrogen-bond acceptors (Lipinski definition) is 4. The molecule has 1 saturated carbocycles. The molecule has 6 nitrogen and oxygen atoms in total. The Morgan fingerprint density at radius 1 is 1.14 bits per heavy atom. The Morgan fingerprint density at radius 3 is 2.28 bits per heavy atom. The number of hydrogen-bond donors (Lipinski definition) is 0. The second-order valence-electron chi connectivity index (χ2n) is 8.50. The average molecular weight is 405 g/mol. The molecule has 0 aromatic carbocycles. The Labute approximate surface area is 174 Å². The molecule has 1 aliphatic rings. The van der Waals surface area contributed by atoms with Crippen LogP contribution in [0.5, 0.6) is 0 Å². The van der Waals surface area contributed by atoms with E-state index in [1.807, 2.05) is 37.2 Å². The Kier molecular flexibility index (Phi) is 8.05. The van der Waals surface area contributed by atoms with E-state index in [0.717, 1.165) is 31.4 Å². The highest BCUT2D eigenvalue weighted by Crippen LogP contribution is 2.27. The summed E-state index contributed by atoms with van der Waals surface area (Å²) in [6.45, 7) is 10.3. The minimum Gasteiger partial charge on any atom is -0.464 e. The largest absolute Gasteiger partial charge is 0.464 e. The van der Waals surface area contributed by atoms with Crippen LogP contribution in [0.4, 0.5) is 0 Å². The van der Waals surface area contributed by atoms with Gasteiger partial charge in [0.05, 0.1) is 13.7 Å². The first kappa shape index (κ1) is 23.2. The molecule has 6 heteroatoms. The van der Waals surface area contributed by atoms with Crippen LogP contribution in [0.3, 0.4) is 0 Å². The van der Waals surface area contributed by atoms with Crippen LogP contribution in [0.1, 0.15) is 91.4 Å². The number of ether oxygens (including phenoxy) is 1. The predicted octanol–water partition coefficient (Wildman–Crippen LogP) is 4.30. The van der Waals surface area contributed by atoms with E-state index in [9.17, 15) is 14.4 Å². The number of Topliss-reactive ketones (excluding diaryl/α,β-unsaturated/α-hetero) is 1. The van der Waals surface area contributed by atoms with Crippen molar-refractivity contribution in [1.82, 2.24) is 9.47 Å². The van der Waals surface area contributed by atoms with Gasteiger partial charge in [-0.2, -0.15) is 0 Å². The molecular formula is C23H36N2O4. The van der Waals surface area contributed by atoms with Crippen LogP contribution in [0, 0.1) is 19.8 Å². The van der Waals surface area contributed by atoms with Gasteiger partial charge in [-0.15, -0.1) is 0 Å². The van der Waals surface area contributed by atoms with Crippen LogP contribution in [0.15, 0.2) is 0 Å². The molecule has 0 radical (unpaired) electrons. The molecule has 1 fully saturated rings. The maximum atomic E-state index is 13.4. The van der Waals surface area contributed by atoms with Gasteiger partial charge in [0.1, 0.15) is 5.69 Å². The molecule has 0 atom stereocenters. The first-order chi connectivity index (χ1) is 13.7. The normalized spacial score (nSPS) is 14.9. The van der Waals surface area contributed by atoms with Gasteiger partial charge in [0.2, 0.25) is 5.91 Å². The van der Waals surface area contributed by atoms with Crippen LogP contribution >= 0.6 is 0 Å². The Bertz CT molecular complexity index is 757. The molecule has 1 amide bonds. The molecule has 162 valence electrons. The van der Waals surface area contributed by atoms with Gasteiger partial charge in [-0.05, 0) is 45.1 Å². The van der Waals surface area contributed by atoms with E-state index in [0.29, 0.717) is 29.8 Å². The predicted molar refractivity (Wildman–Crippen MR) is 113 cm³/mol. The maximum absolute atomic E-state index is 13.4. The number of esters is 1. The lowest BCUT2D eigenvalue weighted by Gasteiger charge is -2.34. The second-order valence-corrected chi connectivity index (χ2v) is 8.50. The minimum absolute atomic E-state index is 0.0543. The molecule has 0 bridgehead atoms. The molecule has 1 aromatic rings. The average Bonchev–Trinajstić information content (AvgIpc) is 2.94. The van der Waals surface area contributed by atoms with Crippen molar-refractivity contribution in [2.75, 3.05) is 13.7 Å². The Morgan fingerprint density at radius 2 is 1.76 bits per heavy atom. The fourth-order valence-electron chi connectivity index (χ4n) is 4.57. The topological polar surface area (TPSA) is 68.6 Å². The monoisotopic (exact) mass is 404 g/mol. The van der Waals surface area contributed by atoms with Crippen molar-refractivity contribution in [2.45, 2.75) is 85.7 Å². The van der Waals surface area contributed by atoms with E-state index in [-0.39, 0.29) is 30.2 Å². The van der Waals surface area contributed by atoms with Gasteiger partial charge in [0.15, 0.2) is 5.78 Å². The van der Waals surface area contributed by atoms with Crippen molar-refractivity contribution < 1.29 is 19.1 Å². The molecule has 0 spiro atoms. The van der Waals surface area contributed by atoms with Gasteiger partial charge >= 0.3 is 5.97 Å². The van der Waals surface area contributed by atoms with E-state index in [4.69, 9.17) is 4.74 Å². The SMILES string of the molecule is CCn1c(C)c(C(=O)CN(C(=O)CC(C)C)C2CCCCC2)c(C)c1C(=O)OC. The zero-order valence-corrected chi connectivity index (χ0v) is 18.8. The first-order valence-corrected chi connectivity index (χ1v) is 10.8. The summed E-state index contributed by atoms with van der Waals surface area (Å²) in [5.74, 6) is -0.232.